The third-order valence-corrected chi connectivity index (χ3v) is 5.15. The van der Waals surface area contributed by atoms with Crippen molar-refractivity contribution in [3.8, 4) is 11.5 Å². The van der Waals surface area contributed by atoms with Gasteiger partial charge < -0.3 is 9.42 Å². The van der Waals surface area contributed by atoms with Crippen molar-refractivity contribution in [1.82, 2.24) is 29.8 Å². The van der Waals surface area contributed by atoms with Gasteiger partial charge in [-0.1, -0.05) is 12.1 Å². The SMILES string of the molecule is CCCn1cc(C(=O)N2CCC(c3noc(-c4ccncc4)n3)CC2)c(C)n1. The lowest BCUT2D eigenvalue weighted by Gasteiger charge is -2.30. The number of aryl methyl sites for hydroxylation is 2. The number of nitrogens with zero attached hydrogens (tertiary/aromatic N) is 6. The number of aromatic nitrogens is 5. The van der Waals surface area contributed by atoms with Crippen LogP contribution in [0.4, 0.5) is 0 Å². The average Bonchev–Trinajstić information content (AvgIpc) is 3.36. The quantitative estimate of drug-likeness (QED) is 0.676. The molecule has 0 unspecified atom stereocenters. The van der Waals surface area contributed by atoms with E-state index in [0.29, 0.717) is 30.4 Å². The summed E-state index contributed by atoms with van der Waals surface area (Å²) in [6.45, 7) is 6.18. The summed E-state index contributed by atoms with van der Waals surface area (Å²) in [7, 11) is 0. The minimum Gasteiger partial charge on any atom is -0.338 e. The standard InChI is InChI=1S/C20H24N6O2/c1-3-10-26-13-17(14(2)23-26)20(27)25-11-6-15(7-12-25)18-22-19(28-24-18)16-4-8-21-9-5-16/h4-5,8-9,13,15H,3,6-7,10-12H2,1-2H3. The molecule has 28 heavy (non-hydrogen) atoms. The fourth-order valence-corrected chi connectivity index (χ4v) is 3.60. The number of amides is 1. The first-order chi connectivity index (χ1) is 13.7. The number of pyridine rings is 1. The lowest BCUT2D eigenvalue weighted by Crippen LogP contribution is -2.38. The summed E-state index contributed by atoms with van der Waals surface area (Å²) in [5.41, 5.74) is 2.35. The van der Waals surface area contributed by atoms with Crippen LogP contribution in [0.5, 0.6) is 0 Å². The van der Waals surface area contributed by atoms with Gasteiger partial charge in [0, 0.05) is 49.7 Å². The second-order valence-corrected chi connectivity index (χ2v) is 7.15. The highest BCUT2D eigenvalue weighted by atomic mass is 16.5. The molecule has 1 saturated heterocycles. The zero-order chi connectivity index (χ0) is 19.5. The van der Waals surface area contributed by atoms with Crippen molar-refractivity contribution in [3.05, 3.63) is 47.8 Å². The van der Waals surface area contributed by atoms with Gasteiger partial charge in [-0.05, 0) is 38.3 Å². The second-order valence-electron chi connectivity index (χ2n) is 7.15. The van der Waals surface area contributed by atoms with Gasteiger partial charge in [0.05, 0.1) is 11.3 Å². The lowest BCUT2D eigenvalue weighted by atomic mass is 9.95. The molecule has 1 amide bonds. The van der Waals surface area contributed by atoms with Crippen LogP contribution in [-0.2, 0) is 6.54 Å². The highest BCUT2D eigenvalue weighted by Crippen LogP contribution is 2.28. The second kappa shape index (κ2) is 7.92. The van der Waals surface area contributed by atoms with Crippen LogP contribution in [0.1, 0.15) is 54.0 Å². The Hall–Kier alpha value is -3.03. The van der Waals surface area contributed by atoms with Crippen molar-refractivity contribution >= 4 is 5.91 Å². The molecule has 0 N–H and O–H groups in total. The van der Waals surface area contributed by atoms with Gasteiger partial charge in [-0.25, -0.2) is 0 Å². The van der Waals surface area contributed by atoms with Crippen LogP contribution in [0.3, 0.4) is 0 Å². The third-order valence-electron chi connectivity index (χ3n) is 5.15. The molecule has 146 valence electrons. The Morgan fingerprint density at radius 2 is 2.00 bits per heavy atom. The lowest BCUT2D eigenvalue weighted by molar-refractivity contribution is 0.0710. The number of carbonyl (C=O) groups is 1. The van der Waals surface area contributed by atoms with E-state index in [2.05, 4.69) is 27.1 Å². The van der Waals surface area contributed by atoms with E-state index < -0.39 is 0 Å². The smallest absolute Gasteiger partial charge is 0.258 e. The average molecular weight is 380 g/mol. The van der Waals surface area contributed by atoms with E-state index in [4.69, 9.17) is 4.52 Å². The molecule has 0 aromatic carbocycles. The molecule has 0 atom stereocenters. The number of hydrogen-bond acceptors (Lipinski definition) is 6. The Balaban J connectivity index is 1.40. The molecule has 3 aromatic rings. The fourth-order valence-electron chi connectivity index (χ4n) is 3.60. The molecule has 1 fully saturated rings. The molecule has 0 radical (unpaired) electrons. The van der Waals surface area contributed by atoms with Crippen molar-refractivity contribution in [3.63, 3.8) is 0 Å². The Morgan fingerprint density at radius 1 is 1.25 bits per heavy atom. The Labute approximate surface area is 163 Å². The minimum absolute atomic E-state index is 0.0592. The number of likely N-dealkylation sites (tertiary alicyclic amines) is 1. The Bertz CT molecular complexity index is 941. The van der Waals surface area contributed by atoms with Crippen LogP contribution >= 0.6 is 0 Å². The van der Waals surface area contributed by atoms with Gasteiger partial charge in [0.2, 0.25) is 0 Å². The van der Waals surface area contributed by atoms with E-state index in [1.165, 1.54) is 0 Å². The normalized spacial score (nSPS) is 15.1. The molecule has 4 rings (SSSR count). The molecule has 8 nitrogen and oxygen atoms in total. The van der Waals surface area contributed by atoms with Crippen LogP contribution in [0.25, 0.3) is 11.5 Å². The highest BCUT2D eigenvalue weighted by Gasteiger charge is 2.29. The first kappa shape index (κ1) is 18.3. The molecule has 4 heterocycles. The minimum atomic E-state index is 0.0592. The van der Waals surface area contributed by atoms with Gasteiger partial charge in [-0.2, -0.15) is 10.1 Å². The first-order valence-corrected chi connectivity index (χ1v) is 9.73. The zero-order valence-electron chi connectivity index (χ0n) is 16.2. The maximum atomic E-state index is 12.9. The summed E-state index contributed by atoms with van der Waals surface area (Å²) in [6.07, 6.45) is 7.91. The number of rotatable bonds is 5. The fraction of sp³-hybridized carbons (Fsp3) is 0.450. The van der Waals surface area contributed by atoms with Crippen LogP contribution in [-0.4, -0.2) is 48.8 Å². The molecule has 0 aliphatic carbocycles. The summed E-state index contributed by atoms with van der Waals surface area (Å²) in [6, 6.07) is 3.69. The van der Waals surface area contributed by atoms with Crippen LogP contribution in [0, 0.1) is 6.92 Å². The maximum Gasteiger partial charge on any atom is 0.258 e. The van der Waals surface area contributed by atoms with Gasteiger partial charge in [0.1, 0.15) is 0 Å². The number of piperidine rings is 1. The topological polar surface area (TPSA) is 89.9 Å². The van der Waals surface area contributed by atoms with Gasteiger partial charge in [0.25, 0.3) is 11.8 Å². The summed E-state index contributed by atoms with van der Waals surface area (Å²) in [4.78, 5) is 23.3. The molecule has 1 aliphatic heterocycles. The number of carbonyl (C=O) groups excluding carboxylic acids is 1. The summed E-state index contributed by atoms with van der Waals surface area (Å²) in [5, 5.41) is 8.60. The van der Waals surface area contributed by atoms with E-state index in [-0.39, 0.29) is 11.8 Å². The molecule has 0 saturated carbocycles. The van der Waals surface area contributed by atoms with Crippen molar-refractivity contribution in [2.75, 3.05) is 13.1 Å². The molecule has 3 aromatic heterocycles. The predicted octanol–water partition coefficient (Wildman–Crippen LogP) is 3.07. The third kappa shape index (κ3) is 3.67. The van der Waals surface area contributed by atoms with Crippen molar-refractivity contribution in [1.29, 1.82) is 0 Å². The molecule has 0 bridgehead atoms. The maximum absolute atomic E-state index is 12.9. The molecular formula is C20H24N6O2. The van der Waals surface area contributed by atoms with E-state index in [1.807, 2.05) is 34.8 Å². The van der Waals surface area contributed by atoms with E-state index in [9.17, 15) is 4.79 Å². The zero-order valence-corrected chi connectivity index (χ0v) is 16.2. The van der Waals surface area contributed by atoms with Crippen LogP contribution < -0.4 is 0 Å². The predicted molar refractivity (Wildman–Crippen MR) is 103 cm³/mol. The molecule has 8 heteroatoms. The Morgan fingerprint density at radius 3 is 2.71 bits per heavy atom. The van der Waals surface area contributed by atoms with Gasteiger partial charge in [-0.3, -0.25) is 14.5 Å². The van der Waals surface area contributed by atoms with E-state index in [0.717, 1.165) is 37.1 Å². The van der Waals surface area contributed by atoms with Crippen molar-refractivity contribution in [2.24, 2.45) is 0 Å². The Kier molecular flexibility index (Phi) is 5.18. The first-order valence-electron chi connectivity index (χ1n) is 9.73. The molecule has 0 spiro atoms. The van der Waals surface area contributed by atoms with Gasteiger partial charge >= 0.3 is 0 Å². The van der Waals surface area contributed by atoms with Gasteiger partial charge in [-0.15, -0.1) is 0 Å². The molecular weight excluding hydrogens is 356 g/mol. The highest BCUT2D eigenvalue weighted by molar-refractivity contribution is 5.95. The van der Waals surface area contributed by atoms with Crippen LogP contribution in [0.2, 0.25) is 0 Å². The van der Waals surface area contributed by atoms with Gasteiger partial charge in [0.15, 0.2) is 5.82 Å². The molecule has 1 aliphatic rings. The number of hydrogen-bond donors (Lipinski definition) is 0. The monoisotopic (exact) mass is 380 g/mol. The summed E-state index contributed by atoms with van der Waals surface area (Å²) in [5.74, 6) is 1.48. The van der Waals surface area contributed by atoms with Crippen molar-refractivity contribution in [2.45, 2.75) is 45.6 Å². The largest absolute Gasteiger partial charge is 0.338 e. The summed E-state index contributed by atoms with van der Waals surface area (Å²) >= 11 is 0. The van der Waals surface area contributed by atoms with E-state index in [1.54, 1.807) is 12.4 Å². The summed E-state index contributed by atoms with van der Waals surface area (Å²) < 4.78 is 7.26. The van der Waals surface area contributed by atoms with Crippen molar-refractivity contribution < 1.29 is 9.32 Å². The van der Waals surface area contributed by atoms with E-state index >= 15 is 0 Å². The van der Waals surface area contributed by atoms with Crippen LogP contribution in [0.15, 0.2) is 35.2 Å².